The maximum absolute atomic E-state index is 10.7. The predicted octanol–water partition coefficient (Wildman–Crippen LogP) is 1.48. The Hall–Kier alpha value is -2.24. The lowest BCUT2D eigenvalue weighted by molar-refractivity contribution is -0.385. The molecule has 1 aromatic heterocycles. The minimum atomic E-state index is -0.400. The molecule has 2 aromatic rings. The molecule has 0 bridgehead atoms. The number of rotatable bonds is 2. The summed E-state index contributed by atoms with van der Waals surface area (Å²) in [5.41, 5.74) is 1.41. The molecule has 6 heteroatoms. The van der Waals surface area contributed by atoms with Crippen LogP contribution in [0.2, 0.25) is 0 Å². The quantitative estimate of drug-likeness (QED) is 0.548. The zero-order chi connectivity index (χ0) is 10.8. The normalized spacial score (nSPS) is 10.2. The van der Waals surface area contributed by atoms with Gasteiger partial charge in [0.05, 0.1) is 10.6 Å². The van der Waals surface area contributed by atoms with Gasteiger partial charge in [-0.3, -0.25) is 14.7 Å². The first-order valence-corrected chi connectivity index (χ1v) is 4.28. The van der Waals surface area contributed by atoms with Gasteiger partial charge in [-0.05, 0) is 13.0 Å². The van der Waals surface area contributed by atoms with Crippen molar-refractivity contribution in [1.29, 1.82) is 0 Å². The Balaban J connectivity index is 2.52. The molecule has 0 fully saturated rings. The molecule has 0 aliphatic carbocycles. The summed E-state index contributed by atoms with van der Waals surface area (Å²) in [7, 11) is 0. The van der Waals surface area contributed by atoms with E-state index >= 15 is 0 Å². The van der Waals surface area contributed by atoms with Crippen molar-refractivity contribution in [2.24, 2.45) is 0 Å². The van der Waals surface area contributed by atoms with Crippen molar-refractivity contribution < 1.29 is 4.92 Å². The molecule has 15 heavy (non-hydrogen) atoms. The highest BCUT2D eigenvalue weighted by Gasteiger charge is 2.11. The first-order chi connectivity index (χ1) is 7.18. The van der Waals surface area contributed by atoms with Gasteiger partial charge in [-0.2, -0.15) is 0 Å². The average Bonchev–Trinajstić information content (AvgIpc) is 2.71. The first-order valence-electron chi connectivity index (χ1n) is 4.28. The summed E-state index contributed by atoms with van der Waals surface area (Å²) >= 11 is 0. The fourth-order valence-corrected chi connectivity index (χ4v) is 1.29. The van der Waals surface area contributed by atoms with Gasteiger partial charge in [0.15, 0.2) is 0 Å². The monoisotopic (exact) mass is 204 g/mol. The van der Waals surface area contributed by atoms with Crippen molar-refractivity contribution in [1.82, 2.24) is 14.8 Å². The molecule has 0 amide bonds. The standard InChI is InChI=1S/C9H8N4O2/c1-7-2-3-8(4-9(7)13(14)15)12-5-10-11-6-12/h2-6H,1H3. The third-order valence-electron chi connectivity index (χ3n) is 2.11. The Morgan fingerprint density at radius 2 is 2.00 bits per heavy atom. The molecule has 0 aliphatic heterocycles. The van der Waals surface area contributed by atoms with E-state index in [1.807, 2.05) is 0 Å². The van der Waals surface area contributed by atoms with E-state index in [2.05, 4.69) is 10.2 Å². The number of nitrogens with zero attached hydrogens (tertiary/aromatic N) is 4. The zero-order valence-corrected chi connectivity index (χ0v) is 7.99. The van der Waals surface area contributed by atoms with Crippen LogP contribution < -0.4 is 0 Å². The van der Waals surface area contributed by atoms with Gasteiger partial charge in [-0.15, -0.1) is 10.2 Å². The topological polar surface area (TPSA) is 73.8 Å². The number of nitro groups is 1. The number of aryl methyl sites for hydroxylation is 1. The second kappa shape index (κ2) is 3.49. The van der Waals surface area contributed by atoms with Gasteiger partial charge in [0.2, 0.25) is 0 Å². The molecular formula is C9H8N4O2. The first kappa shape index (κ1) is 9.32. The van der Waals surface area contributed by atoms with Gasteiger partial charge in [-0.25, -0.2) is 0 Å². The second-order valence-corrected chi connectivity index (χ2v) is 3.10. The molecule has 0 atom stereocenters. The van der Waals surface area contributed by atoms with Gasteiger partial charge in [0, 0.05) is 11.6 Å². The van der Waals surface area contributed by atoms with Crippen LogP contribution in [0.4, 0.5) is 5.69 Å². The van der Waals surface area contributed by atoms with Gasteiger partial charge < -0.3 is 0 Å². The lowest BCUT2D eigenvalue weighted by Crippen LogP contribution is -1.95. The molecule has 6 nitrogen and oxygen atoms in total. The Bertz CT molecular complexity index is 493. The molecule has 76 valence electrons. The van der Waals surface area contributed by atoms with E-state index in [0.29, 0.717) is 11.3 Å². The highest BCUT2D eigenvalue weighted by molar-refractivity contribution is 5.48. The second-order valence-electron chi connectivity index (χ2n) is 3.10. The van der Waals surface area contributed by atoms with Gasteiger partial charge in [0.1, 0.15) is 12.7 Å². The van der Waals surface area contributed by atoms with Gasteiger partial charge >= 0.3 is 0 Å². The van der Waals surface area contributed by atoms with E-state index in [-0.39, 0.29) is 5.69 Å². The third kappa shape index (κ3) is 1.69. The van der Waals surface area contributed by atoms with Crippen LogP contribution in [0.5, 0.6) is 0 Å². The minimum absolute atomic E-state index is 0.0983. The van der Waals surface area contributed by atoms with E-state index in [1.165, 1.54) is 18.7 Å². The molecule has 2 rings (SSSR count). The van der Waals surface area contributed by atoms with Crippen LogP contribution in [0.1, 0.15) is 5.56 Å². The molecule has 0 N–H and O–H groups in total. The maximum Gasteiger partial charge on any atom is 0.274 e. The van der Waals surface area contributed by atoms with Crippen molar-refractivity contribution in [3.8, 4) is 5.69 Å². The van der Waals surface area contributed by atoms with Crippen LogP contribution >= 0.6 is 0 Å². The highest BCUT2D eigenvalue weighted by Crippen LogP contribution is 2.21. The van der Waals surface area contributed by atoms with E-state index in [0.717, 1.165) is 0 Å². The van der Waals surface area contributed by atoms with E-state index in [4.69, 9.17) is 0 Å². The van der Waals surface area contributed by atoms with Crippen LogP contribution in [-0.2, 0) is 0 Å². The summed E-state index contributed by atoms with van der Waals surface area (Å²) in [6.07, 6.45) is 2.99. The minimum Gasteiger partial charge on any atom is -0.288 e. The lowest BCUT2D eigenvalue weighted by Gasteiger charge is -2.02. The Kier molecular flexibility index (Phi) is 2.17. The summed E-state index contributed by atoms with van der Waals surface area (Å²) in [6, 6.07) is 4.98. The van der Waals surface area contributed by atoms with Gasteiger partial charge in [-0.1, -0.05) is 6.07 Å². The summed E-state index contributed by atoms with van der Waals surface area (Å²) < 4.78 is 1.62. The largest absolute Gasteiger partial charge is 0.288 e. The average molecular weight is 204 g/mol. The summed E-state index contributed by atoms with van der Waals surface area (Å²) in [6.45, 7) is 1.70. The van der Waals surface area contributed by atoms with E-state index in [9.17, 15) is 10.1 Å². The molecule has 0 unspecified atom stereocenters. The molecule has 0 radical (unpaired) electrons. The van der Waals surface area contributed by atoms with E-state index < -0.39 is 4.92 Å². The molecule has 0 spiro atoms. The Labute approximate surface area is 85.3 Å². The number of hydrogen-bond donors (Lipinski definition) is 0. The number of hydrogen-bond acceptors (Lipinski definition) is 4. The van der Waals surface area contributed by atoms with Crippen molar-refractivity contribution in [2.45, 2.75) is 6.92 Å². The molecule has 0 saturated heterocycles. The number of benzene rings is 1. The fraction of sp³-hybridized carbons (Fsp3) is 0.111. The Morgan fingerprint density at radius 1 is 1.33 bits per heavy atom. The molecular weight excluding hydrogens is 196 g/mol. The van der Waals surface area contributed by atoms with Gasteiger partial charge in [0.25, 0.3) is 5.69 Å². The SMILES string of the molecule is Cc1ccc(-n2cnnc2)cc1[N+](=O)[O-]. The van der Waals surface area contributed by atoms with E-state index in [1.54, 1.807) is 23.6 Å². The Morgan fingerprint density at radius 3 is 2.60 bits per heavy atom. The summed E-state index contributed by atoms with van der Waals surface area (Å²) in [5, 5.41) is 18.0. The van der Waals surface area contributed by atoms with Crippen LogP contribution in [0.3, 0.4) is 0 Å². The molecule has 1 heterocycles. The predicted molar refractivity (Wildman–Crippen MR) is 52.8 cm³/mol. The molecule has 0 saturated carbocycles. The van der Waals surface area contributed by atoms with Crippen LogP contribution in [0.15, 0.2) is 30.9 Å². The smallest absolute Gasteiger partial charge is 0.274 e. The van der Waals surface area contributed by atoms with Crippen LogP contribution in [0.25, 0.3) is 5.69 Å². The lowest BCUT2D eigenvalue weighted by atomic mass is 10.2. The van der Waals surface area contributed by atoms with Crippen molar-refractivity contribution in [2.75, 3.05) is 0 Å². The number of nitro benzene ring substituents is 1. The molecule has 0 aliphatic rings. The maximum atomic E-state index is 10.7. The molecule has 1 aromatic carbocycles. The van der Waals surface area contributed by atoms with Crippen molar-refractivity contribution in [3.05, 3.63) is 46.5 Å². The van der Waals surface area contributed by atoms with Crippen molar-refractivity contribution >= 4 is 5.69 Å². The summed E-state index contributed by atoms with van der Waals surface area (Å²) in [5.74, 6) is 0. The van der Waals surface area contributed by atoms with Crippen molar-refractivity contribution in [3.63, 3.8) is 0 Å². The van der Waals surface area contributed by atoms with Crippen LogP contribution in [-0.4, -0.2) is 19.7 Å². The summed E-state index contributed by atoms with van der Waals surface area (Å²) in [4.78, 5) is 10.3. The fourth-order valence-electron chi connectivity index (χ4n) is 1.29. The third-order valence-corrected chi connectivity index (χ3v) is 2.11. The zero-order valence-electron chi connectivity index (χ0n) is 7.99. The van der Waals surface area contributed by atoms with Crippen LogP contribution in [0, 0.1) is 17.0 Å². The number of aromatic nitrogens is 3. The highest BCUT2D eigenvalue weighted by atomic mass is 16.6.